The molecule has 0 aliphatic heterocycles. The van der Waals surface area contributed by atoms with Gasteiger partial charge in [0.15, 0.2) is 0 Å². The highest BCUT2D eigenvalue weighted by Gasteiger charge is 2.17. The van der Waals surface area contributed by atoms with Crippen molar-refractivity contribution in [3.05, 3.63) is 69.0 Å². The summed E-state index contributed by atoms with van der Waals surface area (Å²) < 4.78 is 1.15. The lowest BCUT2D eigenvalue weighted by Gasteiger charge is -2.12. The van der Waals surface area contributed by atoms with Gasteiger partial charge in [0.2, 0.25) is 0 Å². The Labute approximate surface area is 125 Å². The van der Waals surface area contributed by atoms with Crippen LogP contribution in [0.25, 0.3) is 10.1 Å². The van der Waals surface area contributed by atoms with E-state index in [9.17, 15) is 5.11 Å². The highest BCUT2D eigenvalue weighted by atomic mass is 35.5. The monoisotopic (exact) mass is 308 g/mol. The molecule has 0 bridgehead atoms. The van der Waals surface area contributed by atoms with E-state index in [4.69, 9.17) is 23.2 Å². The molecule has 1 N–H and O–H groups in total. The molecule has 4 heteroatoms. The fourth-order valence-corrected chi connectivity index (χ4v) is 3.59. The summed E-state index contributed by atoms with van der Waals surface area (Å²) in [5, 5.41) is 14.6. The quantitative estimate of drug-likeness (QED) is 0.682. The number of hydrogen-bond acceptors (Lipinski definition) is 2. The number of hydrogen-bond donors (Lipinski definition) is 1. The molecule has 1 aromatic heterocycles. The molecule has 3 aromatic rings. The van der Waals surface area contributed by atoms with Gasteiger partial charge < -0.3 is 5.11 Å². The van der Waals surface area contributed by atoms with Crippen molar-refractivity contribution >= 4 is 44.6 Å². The topological polar surface area (TPSA) is 20.2 Å². The summed E-state index contributed by atoms with van der Waals surface area (Å²) >= 11 is 13.6. The summed E-state index contributed by atoms with van der Waals surface area (Å²) in [6, 6.07) is 13.2. The Hall–Kier alpha value is -1.06. The Kier molecular flexibility index (Phi) is 3.50. The molecule has 0 saturated heterocycles. The lowest BCUT2D eigenvalue weighted by Crippen LogP contribution is -1.99. The number of aliphatic hydroxyl groups is 1. The maximum absolute atomic E-state index is 10.5. The van der Waals surface area contributed by atoms with Crippen LogP contribution in [-0.2, 0) is 0 Å². The Balaban J connectivity index is 2.10. The van der Waals surface area contributed by atoms with E-state index in [0.717, 1.165) is 15.6 Å². The van der Waals surface area contributed by atoms with Crippen molar-refractivity contribution in [1.82, 2.24) is 0 Å². The largest absolute Gasteiger partial charge is 0.384 e. The van der Waals surface area contributed by atoms with Gasteiger partial charge in [0.05, 0.1) is 0 Å². The fraction of sp³-hybridized carbons (Fsp3) is 0.0667. The summed E-state index contributed by atoms with van der Waals surface area (Å²) in [4.78, 5) is 0. The lowest BCUT2D eigenvalue weighted by atomic mass is 10.0. The third kappa shape index (κ3) is 2.37. The molecule has 1 atom stereocenters. The minimum absolute atomic E-state index is 0.482. The minimum atomic E-state index is -0.735. The van der Waals surface area contributed by atoms with Gasteiger partial charge in [-0.15, -0.1) is 11.3 Å². The highest BCUT2D eigenvalue weighted by Crippen LogP contribution is 2.36. The molecule has 3 rings (SSSR count). The predicted octanol–water partition coefficient (Wildman–Crippen LogP) is 5.29. The average Bonchev–Trinajstić information content (AvgIpc) is 2.82. The lowest BCUT2D eigenvalue weighted by molar-refractivity contribution is 0.222. The van der Waals surface area contributed by atoms with Gasteiger partial charge in [-0.2, -0.15) is 0 Å². The first-order valence-corrected chi connectivity index (χ1v) is 7.39. The fourth-order valence-electron chi connectivity index (χ4n) is 2.10. The van der Waals surface area contributed by atoms with Crippen molar-refractivity contribution in [2.45, 2.75) is 6.10 Å². The zero-order valence-electron chi connectivity index (χ0n) is 9.81. The Bertz CT molecular complexity index is 736. The number of thiophene rings is 1. The smallest absolute Gasteiger partial charge is 0.107 e. The minimum Gasteiger partial charge on any atom is -0.384 e. The number of aliphatic hydroxyl groups excluding tert-OH is 1. The van der Waals surface area contributed by atoms with Gasteiger partial charge in [0.25, 0.3) is 0 Å². The van der Waals surface area contributed by atoms with Crippen LogP contribution in [0.1, 0.15) is 17.2 Å². The number of halogens is 2. The van der Waals surface area contributed by atoms with E-state index in [1.165, 1.54) is 0 Å². The summed E-state index contributed by atoms with van der Waals surface area (Å²) in [6.45, 7) is 0. The van der Waals surface area contributed by atoms with E-state index in [0.29, 0.717) is 15.6 Å². The number of rotatable bonds is 2. The highest BCUT2D eigenvalue weighted by molar-refractivity contribution is 7.17. The van der Waals surface area contributed by atoms with Gasteiger partial charge in [-0.05, 0) is 29.0 Å². The molecule has 1 nitrogen and oxygen atoms in total. The molecule has 1 heterocycles. The molecular weight excluding hydrogens is 299 g/mol. The van der Waals surface area contributed by atoms with E-state index >= 15 is 0 Å². The molecule has 19 heavy (non-hydrogen) atoms. The van der Waals surface area contributed by atoms with Crippen LogP contribution in [0.5, 0.6) is 0 Å². The van der Waals surface area contributed by atoms with Crippen molar-refractivity contribution in [2.75, 3.05) is 0 Å². The SMILES string of the molecule is OC(c1ccc(Cl)cc1Cl)c1csc2ccccc12. The van der Waals surface area contributed by atoms with Crippen LogP contribution in [0.15, 0.2) is 47.8 Å². The van der Waals surface area contributed by atoms with Crippen LogP contribution in [0.3, 0.4) is 0 Å². The second-order valence-corrected chi connectivity index (χ2v) is 6.01. The van der Waals surface area contributed by atoms with E-state index in [1.54, 1.807) is 29.5 Å². The second kappa shape index (κ2) is 5.14. The summed E-state index contributed by atoms with van der Waals surface area (Å²) in [5.74, 6) is 0. The maximum Gasteiger partial charge on any atom is 0.107 e. The van der Waals surface area contributed by atoms with Crippen LogP contribution in [0.4, 0.5) is 0 Å². The first kappa shape index (κ1) is 12.9. The van der Waals surface area contributed by atoms with E-state index in [1.807, 2.05) is 29.6 Å². The maximum atomic E-state index is 10.5. The third-order valence-corrected chi connectivity index (χ3v) is 4.61. The first-order valence-electron chi connectivity index (χ1n) is 5.76. The van der Waals surface area contributed by atoms with E-state index in [2.05, 4.69) is 0 Å². The molecule has 0 fully saturated rings. The van der Waals surface area contributed by atoms with E-state index in [-0.39, 0.29) is 0 Å². The Morgan fingerprint density at radius 1 is 1.00 bits per heavy atom. The summed E-state index contributed by atoms with van der Waals surface area (Å²) in [7, 11) is 0. The van der Waals surface area contributed by atoms with Gasteiger partial charge in [-0.3, -0.25) is 0 Å². The zero-order valence-corrected chi connectivity index (χ0v) is 12.1. The van der Waals surface area contributed by atoms with Gasteiger partial charge in [-0.25, -0.2) is 0 Å². The standard InChI is InChI=1S/C15H10Cl2OS/c16-9-5-6-11(13(17)7-9)15(18)12-8-19-14-4-2-1-3-10(12)14/h1-8,15,18H. The summed E-state index contributed by atoms with van der Waals surface area (Å²) in [6.07, 6.45) is -0.735. The second-order valence-electron chi connectivity index (χ2n) is 4.26. The van der Waals surface area contributed by atoms with Crippen molar-refractivity contribution in [3.63, 3.8) is 0 Å². The van der Waals surface area contributed by atoms with Gasteiger partial charge >= 0.3 is 0 Å². The number of benzene rings is 2. The molecule has 0 saturated carbocycles. The zero-order chi connectivity index (χ0) is 13.4. The molecular formula is C15H10Cl2OS. The van der Waals surface area contributed by atoms with Crippen LogP contribution in [0, 0.1) is 0 Å². The molecule has 0 radical (unpaired) electrons. The molecule has 0 spiro atoms. The Morgan fingerprint density at radius 2 is 1.79 bits per heavy atom. The van der Waals surface area contributed by atoms with Crippen molar-refractivity contribution in [1.29, 1.82) is 0 Å². The van der Waals surface area contributed by atoms with Gasteiger partial charge in [0, 0.05) is 25.9 Å². The van der Waals surface area contributed by atoms with Crippen molar-refractivity contribution in [2.24, 2.45) is 0 Å². The van der Waals surface area contributed by atoms with Crippen LogP contribution >= 0.6 is 34.5 Å². The molecule has 0 aliphatic carbocycles. The predicted molar refractivity (Wildman–Crippen MR) is 82.3 cm³/mol. The van der Waals surface area contributed by atoms with Crippen LogP contribution in [-0.4, -0.2) is 5.11 Å². The van der Waals surface area contributed by atoms with Crippen LogP contribution < -0.4 is 0 Å². The Morgan fingerprint density at radius 3 is 2.58 bits per heavy atom. The van der Waals surface area contributed by atoms with Gasteiger partial charge in [0.1, 0.15) is 6.10 Å². The molecule has 96 valence electrons. The normalized spacial score (nSPS) is 12.8. The van der Waals surface area contributed by atoms with E-state index < -0.39 is 6.10 Å². The van der Waals surface area contributed by atoms with Crippen LogP contribution in [0.2, 0.25) is 10.0 Å². The molecule has 1 unspecified atom stereocenters. The number of fused-ring (bicyclic) bond motifs is 1. The molecule has 2 aromatic carbocycles. The third-order valence-electron chi connectivity index (χ3n) is 3.06. The van der Waals surface area contributed by atoms with Crippen molar-refractivity contribution in [3.8, 4) is 0 Å². The van der Waals surface area contributed by atoms with Gasteiger partial charge in [-0.1, -0.05) is 47.5 Å². The first-order chi connectivity index (χ1) is 9.16. The van der Waals surface area contributed by atoms with Crippen molar-refractivity contribution < 1.29 is 5.11 Å². The molecule has 0 aliphatic rings. The molecule has 0 amide bonds. The average molecular weight is 309 g/mol. The summed E-state index contributed by atoms with van der Waals surface area (Å²) in [5.41, 5.74) is 1.56.